The Hall–Kier alpha value is -2.29. The predicted octanol–water partition coefficient (Wildman–Crippen LogP) is 2.83. The van der Waals surface area contributed by atoms with Gasteiger partial charge in [-0.25, -0.2) is 4.98 Å². The van der Waals surface area contributed by atoms with E-state index in [2.05, 4.69) is 20.6 Å². The fourth-order valence-electron chi connectivity index (χ4n) is 2.48. The summed E-state index contributed by atoms with van der Waals surface area (Å²) < 4.78 is 43.5. The highest BCUT2D eigenvalue weighted by molar-refractivity contribution is 7.09. The van der Waals surface area contributed by atoms with E-state index in [0.717, 1.165) is 28.9 Å². The fourth-order valence-corrected chi connectivity index (χ4v) is 3.22. The van der Waals surface area contributed by atoms with E-state index in [4.69, 9.17) is 4.74 Å². The quantitative estimate of drug-likeness (QED) is 0.642. The molecular formula is C16H17F3N4OS. The van der Waals surface area contributed by atoms with Crippen LogP contribution in [-0.2, 0) is 19.1 Å². The summed E-state index contributed by atoms with van der Waals surface area (Å²) in [5, 5.41) is 7.44. The summed E-state index contributed by atoms with van der Waals surface area (Å²) in [7, 11) is 1.60. The maximum Gasteiger partial charge on any atom is 0.434 e. The monoisotopic (exact) mass is 370 g/mol. The summed E-state index contributed by atoms with van der Waals surface area (Å²) in [5.74, 6) is 1.38. The summed E-state index contributed by atoms with van der Waals surface area (Å²) in [4.78, 5) is 7.64. The van der Waals surface area contributed by atoms with E-state index in [9.17, 15) is 13.2 Å². The molecule has 0 bridgehead atoms. The van der Waals surface area contributed by atoms with Crippen LogP contribution in [0, 0.1) is 0 Å². The van der Waals surface area contributed by atoms with Crippen LogP contribution in [0.1, 0.15) is 16.3 Å². The third-order valence-electron chi connectivity index (χ3n) is 3.68. The Balaban J connectivity index is 1.47. The number of ether oxygens (including phenoxy) is 1. The number of guanidine groups is 1. The Labute approximate surface area is 147 Å². The lowest BCUT2D eigenvalue weighted by molar-refractivity contribution is -0.140. The number of nitrogens with one attached hydrogen (secondary N) is 2. The fraction of sp³-hybridized carbons (Fsp3) is 0.375. The average Bonchev–Trinajstić information content (AvgIpc) is 3.21. The second-order valence-electron chi connectivity index (χ2n) is 5.48. The molecule has 3 rings (SSSR count). The van der Waals surface area contributed by atoms with Crippen molar-refractivity contribution in [2.24, 2.45) is 4.99 Å². The van der Waals surface area contributed by atoms with Gasteiger partial charge in [0.15, 0.2) is 11.7 Å². The van der Waals surface area contributed by atoms with Gasteiger partial charge in [0.05, 0.1) is 13.1 Å². The highest BCUT2D eigenvalue weighted by Gasteiger charge is 2.33. The molecule has 25 heavy (non-hydrogen) atoms. The smallest absolute Gasteiger partial charge is 0.434 e. The van der Waals surface area contributed by atoms with Crippen LogP contribution < -0.4 is 15.4 Å². The minimum absolute atomic E-state index is 0.00681. The second-order valence-corrected chi connectivity index (χ2v) is 6.43. The molecule has 5 nitrogen and oxygen atoms in total. The van der Waals surface area contributed by atoms with Gasteiger partial charge in [-0.2, -0.15) is 13.2 Å². The van der Waals surface area contributed by atoms with E-state index in [0.29, 0.717) is 17.5 Å². The van der Waals surface area contributed by atoms with Crippen molar-refractivity contribution in [1.29, 1.82) is 0 Å². The highest BCUT2D eigenvalue weighted by atomic mass is 32.1. The lowest BCUT2D eigenvalue weighted by atomic mass is 10.1. The summed E-state index contributed by atoms with van der Waals surface area (Å²) in [6.07, 6.45) is -3.61. The van der Waals surface area contributed by atoms with Crippen LogP contribution in [-0.4, -0.2) is 30.6 Å². The molecule has 9 heteroatoms. The molecule has 2 heterocycles. The zero-order chi connectivity index (χ0) is 17.9. The zero-order valence-electron chi connectivity index (χ0n) is 13.4. The first kappa shape index (κ1) is 17.5. The number of nitrogens with zero attached hydrogens (tertiary/aromatic N) is 2. The molecular weight excluding hydrogens is 353 g/mol. The molecule has 0 saturated heterocycles. The van der Waals surface area contributed by atoms with E-state index >= 15 is 0 Å². The maximum atomic E-state index is 12.5. The number of hydrogen-bond acceptors (Lipinski definition) is 4. The van der Waals surface area contributed by atoms with E-state index < -0.39 is 11.9 Å². The molecule has 134 valence electrons. The first-order valence-electron chi connectivity index (χ1n) is 7.66. The number of hydrogen-bond donors (Lipinski definition) is 2. The number of aromatic nitrogens is 1. The van der Waals surface area contributed by atoms with Gasteiger partial charge in [-0.05, 0) is 11.6 Å². The number of fused-ring (bicyclic) bond motifs is 1. The van der Waals surface area contributed by atoms with Gasteiger partial charge < -0.3 is 15.4 Å². The van der Waals surface area contributed by atoms with Crippen LogP contribution in [0.25, 0.3) is 0 Å². The number of benzene rings is 1. The molecule has 0 spiro atoms. The number of aliphatic imine (C=N–C) groups is 1. The van der Waals surface area contributed by atoms with Crippen LogP contribution in [0.4, 0.5) is 13.2 Å². The molecule has 0 fully saturated rings. The normalized spacial score (nSPS) is 17.1. The van der Waals surface area contributed by atoms with Gasteiger partial charge in [0.25, 0.3) is 0 Å². The highest BCUT2D eigenvalue weighted by Crippen LogP contribution is 2.30. The molecule has 1 aliphatic heterocycles. The Morgan fingerprint density at radius 3 is 2.84 bits per heavy atom. The molecule has 2 N–H and O–H groups in total. The van der Waals surface area contributed by atoms with E-state index in [1.54, 1.807) is 7.05 Å². The van der Waals surface area contributed by atoms with Crippen LogP contribution >= 0.6 is 11.3 Å². The summed E-state index contributed by atoms with van der Waals surface area (Å²) >= 11 is 0.963. The van der Waals surface area contributed by atoms with E-state index in [1.165, 1.54) is 5.56 Å². The largest absolute Gasteiger partial charge is 0.488 e. The van der Waals surface area contributed by atoms with Crippen LogP contribution in [0.5, 0.6) is 5.75 Å². The van der Waals surface area contributed by atoms with Crippen molar-refractivity contribution in [2.75, 3.05) is 13.6 Å². The Morgan fingerprint density at radius 1 is 1.36 bits per heavy atom. The molecule has 1 atom stereocenters. The molecule has 0 amide bonds. The lowest BCUT2D eigenvalue weighted by Gasteiger charge is -2.15. The summed E-state index contributed by atoms with van der Waals surface area (Å²) in [6, 6.07) is 7.87. The lowest BCUT2D eigenvalue weighted by Crippen LogP contribution is -2.41. The van der Waals surface area contributed by atoms with E-state index in [-0.39, 0.29) is 12.6 Å². The second kappa shape index (κ2) is 7.30. The molecule has 1 aromatic heterocycles. The third-order valence-corrected chi connectivity index (χ3v) is 4.53. The Kier molecular flexibility index (Phi) is 5.12. The van der Waals surface area contributed by atoms with Crippen molar-refractivity contribution in [3.05, 3.63) is 45.9 Å². The van der Waals surface area contributed by atoms with Crippen molar-refractivity contribution in [1.82, 2.24) is 15.6 Å². The predicted molar refractivity (Wildman–Crippen MR) is 89.9 cm³/mol. The molecule has 1 aliphatic rings. The molecule has 2 aromatic rings. The Morgan fingerprint density at radius 2 is 2.16 bits per heavy atom. The van der Waals surface area contributed by atoms with Crippen molar-refractivity contribution in [3.8, 4) is 5.75 Å². The number of halogens is 3. The number of para-hydroxylation sites is 1. The Bertz CT molecular complexity index is 735. The first-order valence-corrected chi connectivity index (χ1v) is 8.54. The van der Waals surface area contributed by atoms with Crippen LogP contribution in [0.15, 0.2) is 34.6 Å². The van der Waals surface area contributed by atoms with Crippen LogP contribution in [0.3, 0.4) is 0 Å². The van der Waals surface area contributed by atoms with Crippen LogP contribution in [0.2, 0.25) is 0 Å². The van der Waals surface area contributed by atoms with Gasteiger partial charge in [0, 0.05) is 18.8 Å². The standard InChI is InChI=1S/C16H17F3N4OS/c1-20-15(22-8-14-23-13(9-25-14)16(17,18)19)21-7-11-6-10-4-2-3-5-12(10)24-11/h2-5,9,11H,6-8H2,1H3,(H2,20,21,22). The van der Waals surface area contributed by atoms with Gasteiger partial charge in [0.1, 0.15) is 16.9 Å². The molecule has 1 unspecified atom stereocenters. The molecule has 0 radical (unpaired) electrons. The summed E-state index contributed by atoms with van der Waals surface area (Å²) in [5.41, 5.74) is 0.300. The minimum Gasteiger partial charge on any atom is -0.488 e. The number of alkyl halides is 3. The molecule has 0 aliphatic carbocycles. The number of rotatable bonds is 4. The van der Waals surface area contributed by atoms with Gasteiger partial charge >= 0.3 is 6.18 Å². The van der Waals surface area contributed by atoms with Crippen molar-refractivity contribution in [2.45, 2.75) is 25.2 Å². The SMILES string of the molecule is CN=C(NCc1nc(C(F)(F)F)cs1)NCC1Cc2ccccc2O1. The first-order chi connectivity index (χ1) is 12.0. The maximum absolute atomic E-state index is 12.5. The molecule has 0 saturated carbocycles. The van der Waals surface area contributed by atoms with Crippen molar-refractivity contribution < 1.29 is 17.9 Å². The average molecular weight is 370 g/mol. The zero-order valence-corrected chi connectivity index (χ0v) is 14.2. The third kappa shape index (κ3) is 4.41. The topological polar surface area (TPSA) is 58.5 Å². The minimum atomic E-state index is -4.41. The van der Waals surface area contributed by atoms with Gasteiger partial charge in [-0.15, -0.1) is 11.3 Å². The van der Waals surface area contributed by atoms with Crippen molar-refractivity contribution >= 4 is 17.3 Å². The van der Waals surface area contributed by atoms with Crippen molar-refractivity contribution in [3.63, 3.8) is 0 Å². The van der Waals surface area contributed by atoms with E-state index in [1.807, 2.05) is 24.3 Å². The summed E-state index contributed by atoms with van der Waals surface area (Å²) in [6.45, 7) is 0.714. The van der Waals surface area contributed by atoms with Gasteiger partial charge in [0.2, 0.25) is 0 Å². The van der Waals surface area contributed by atoms with Gasteiger partial charge in [-0.3, -0.25) is 4.99 Å². The number of thiazole rings is 1. The van der Waals surface area contributed by atoms with Gasteiger partial charge in [-0.1, -0.05) is 18.2 Å². The molecule has 1 aromatic carbocycles.